The van der Waals surface area contributed by atoms with E-state index in [-0.39, 0.29) is 40.3 Å². The van der Waals surface area contributed by atoms with E-state index in [9.17, 15) is 9.59 Å². The molecule has 1 N–H and O–H groups in total. The number of anilines is 1. The summed E-state index contributed by atoms with van der Waals surface area (Å²) >= 11 is 17.9. The minimum atomic E-state index is -0.369. The van der Waals surface area contributed by atoms with Crippen LogP contribution in [0.2, 0.25) is 15.1 Å². The Labute approximate surface area is 161 Å². The fourth-order valence-corrected chi connectivity index (χ4v) is 3.18. The van der Waals surface area contributed by atoms with Crippen molar-refractivity contribution in [3.05, 3.63) is 56.5 Å². The quantitative estimate of drug-likeness (QED) is 0.645. The van der Waals surface area contributed by atoms with E-state index in [1.54, 1.807) is 12.1 Å². The van der Waals surface area contributed by atoms with Crippen LogP contribution in [0, 0.1) is 6.92 Å². The van der Waals surface area contributed by atoms with Crippen LogP contribution in [-0.4, -0.2) is 18.8 Å². The minimum Gasteiger partial charge on any atom is -0.496 e. The number of aryl methyl sites for hydroxylation is 1. The first-order chi connectivity index (χ1) is 11.8. The number of hydrogen-bond donors (Lipinski definition) is 1. The van der Waals surface area contributed by atoms with Crippen molar-refractivity contribution in [3.63, 3.8) is 0 Å². The highest BCUT2D eigenvalue weighted by atomic mass is 35.5. The van der Waals surface area contributed by atoms with E-state index >= 15 is 0 Å². The molecule has 0 aromatic heterocycles. The monoisotopic (exact) mass is 399 g/mol. The van der Waals surface area contributed by atoms with Crippen LogP contribution >= 0.6 is 34.8 Å². The first kappa shape index (κ1) is 19.6. The van der Waals surface area contributed by atoms with Crippen LogP contribution < -0.4 is 10.1 Å². The SMILES string of the molecule is COc1ccc(C)cc1C(=O)CCC(=O)Nc1c(Cl)cc(Cl)cc1Cl. The lowest BCUT2D eigenvalue weighted by atomic mass is 10.0. The molecule has 0 radical (unpaired) electrons. The van der Waals surface area contributed by atoms with Gasteiger partial charge >= 0.3 is 0 Å². The smallest absolute Gasteiger partial charge is 0.224 e. The number of amides is 1. The first-order valence-corrected chi connectivity index (χ1v) is 8.57. The van der Waals surface area contributed by atoms with Gasteiger partial charge in [-0.1, -0.05) is 46.4 Å². The molecule has 0 unspecified atom stereocenters. The van der Waals surface area contributed by atoms with Crippen molar-refractivity contribution in [1.82, 2.24) is 0 Å². The highest BCUT2D eigenvalue weighted by Gasteiger charge is 2.16. The van der Waals surface area contributed by atoms with E-state index in [4.69, 9.17) is 39.5 Å². The highest BCUT2D eigenvalue weighted by molar-refractivity contribution is 6.42. The number of methoxy groups -OCH3 is 1. The minimum absolute atomic E-state index is 0.00872. The Morgan fingerprint density at radius 1 is 1.04 bits per heavy atom. The molecule has 4 nitrogen and oxygen atoms in total. The largest absolute Gasteiger partial charge is 0.496 e. The van der Waals surface area contributed by atoms with E-state index in [1.807, 2.05) is 13.0 Å². The topological polar surface area (TPSA) is 55.4 Å². The molecule has 132 valence electrons. The molecule has 2 aromatic carbocycles. The summed E-state index contributed by atoms with van der Waals surface area (Å²) in [5.41, 5.74) is 1.67. The van der Waals surface area contributed by atoms with E-state index in [2.05, 4.69) is 5.32 Å². The lowest BCUT2D eigenvalue weighted by molar-refractivity contribution is -0.116. The predicted octanol–water partition coefficient (Wildman–Crippen LogP) is 5.57. The van der Waals surface area contributed by atoms with Gasteiger partial charge in [0.15, 0.2) is 5.78 Å². The molecule has 1 amide bonds. The zero-order chi connectivity index (χ0) is 18.6. The van der Waals surface area contributed by atoms with Gasteiger partial charge in [0.1, 0.15) is 5.75 Å². The average molecular weight is 401 g/mol. The standard InChI is InChI=1S/C18H16Cl3NO3/c1-10-3-5-16(25-2)12(7-10)15(23)4-6-17(24)22-18-13(20)8-11(19)9-14(18)21/h3,5,7-9H,4,6H2,1-2H3,(H,22,24). The van der Waals surface area contributed by atoms with Crippen molar-refractivity contribution in [3.8, 4) is 5.75 Å². The summed E-state index contributed by atoms with van der Waals surface area (Å²) in [7, 11) is 1.50. The molecule has 0 saturated carbocycles. The number of Topliss-reactive ketones (excluding diaryl/α,β-unsaturated/α-hetero) is 1. The van der Waals surface area contributed by atoms with Crippen molar-refractivity contribution < 1.29 is 14.3 Å². The second-order valence-electron chi connectivity index (χ2n) is 5.42. The van der Waals surface area contributed by atoms with Crippen molar-refractivity contribution in [2.45, 2.75) is 19.8 Å². The molecule has 25 heavy (non-hydrogen) atoms. The van der Waals surface area contributed by atoms with Crippen molar-refractivity contribution in [1.29, 1.82) is 0 Å². The zero-order valence-corrected chi connectivity index (χ0v) is 15.9. The third-order valence-corrected chi connectivity index (χ3v) is 4.32. The Hall–Kier alpha value is -1.75. The number of carbonyl (C=O) groups excluding carboxylic acids is 2. The number of hydrogen-bond acceptors (Lipinski definition) is 3. The molecule has 0 bridgehead atoms. The van der Waals surface area contributed by atoms with Gasteiger partial charge in [0.25, 0.3) is 0 Å². The maximum absolute atomic E-state index is 12.4. The molecule has 0 aliphatic rings. The molecule has 0 heterocycles. The van der Waals surface area contributed by atoms with Gasteiger partial charge in [0.05, 0.1) is 28.4 Å². The number of ether oxygens (including phenoxy) is 1. The summed E-state index contributed by atoms with van der Waals surface area (Å²) in [6.45, 7) is 1.88. The number of rotatable bonds is 6. The highest BCUT2D eigenvalue weighted by Crippen LogP contribution is 2.33. The van der Waals surface area contributed by atoms with Gasteiger partial charge in [0, 0.05) is 17.9 Å². The van der Waals surface area contributed by atoms with Crippen LogP contribution in [0.1, 0.15) is 28.8 Å². The number of nitrogens with one attached hydrogen (secondary N) is 1. The van der Waals surface area contributed by atoms with Crippen LogP contribution in [0.4, 0.5) is 5.69 Å². The third kappa shape index (κ3) is 5.11. The van der Waals surface area contributed by atoms with E-state index in [0.29, 0.717) is 16.3 Å². The molecule has 0 spiro atoms. The molecule has 2 aromatic rings. The molecule has 0 aliphatic carbocycles. The third-order valence-electron chi connectivity index (χ3n) is 3.51. The molecule has 7 heteroatoms. The van der Waals surface area contributed by atoms with Crippen LogP contribution in [0.25, 0.3) is 0 Å². The van der Waals surface area contributed by atoms with Crippen molar-refractivity contribution in [2.75, 3.05) is 12.4 Å². The van der Waals surface area contributed by atoms with Gasteiger partial charge in [-0.25, -0.2) is 0 Å². The van der Waals surface area contributed by atoms with Crippen LogP contribution in [-0.2, 0) is 4.79 Å². The molecular weight excluding hydrogens is 385 g/mol. The van der Waals surface area contributed by atoms with Gasteiger partial charge in [-0.05, 0) is 31.2 Å². The summed E-state index contributed by atoms with van der Waals surface area (Å²) < 4.78 is 5.20. The number of carbonyl (C=O) groups is 2. The number of ketones is 1. The molecule has 0 saturated heterocycles. The lowest BCUT2D eigenvalue weighted by Gasteiger charge is -2.11. The molecular formula is C18H16Cl3NO3. The molecule has 2 rings (SSSR count). The summed E-state index contributed by atoms with van der Waals surface area (Å²) in [4.78, 5) is 24.5. The maximum atomic E-state index is 12.4. The Morgan fingerprint density at radius 3 is 2.28 bits per heavy atom. The Bertz CT molecular complexity index is 798. The van der Waals surface area contributed by atoms with Crippen molar-refractivity contribution in [2.24, 2.45) is 0 Å². The predicted molar refractivity (Wildman–Crippen MR) is 101 cm³/mol. The van der Waals surface area contributed by atoms with Gasteiger partial charge in [-0.3, -0.25) is 9.59 Å². The van der Waals surface area contributed by atoms with Crippen molar-refractivity contribution >= 4 is 52.2 Å². The first-order valence-electron chi connectivity index (χ1n) is 7.44. The molecule has 0 atom stereocenters. The fraction of sp³-hybridized carbons (Fsp3) is 0.222. The Morgan fingerprint density at radius 2 is 1.68 bits per heavy atom. The van der Waals surface area contributed by atoms with Gasteiger partial charge in [-0.2, -0.15) is 0 Å². The summed E-state index contributed by atoms with van der Waals surface area (Å²) in [5, 5.41) is 3.45. The van der Waals surface area contributed by atoms with Crippen LogP contribution in [0.15, 0.2) is 30.3 Å². The average Bonchev–Trinajstić information content (AvgIpc) is 2.55. The number of halogens is 3. The normalized spacial score (nSPS) is 10.4. The Balaban J connectivity index is 2.03. The second kappa shape index (κ2) is 8.56. The maximum Gasteiger partial charge on any atom is 0.224 e. The zero-order valence-electron chi connectivity index (χ0n) is 13.7. The van der Waals surface area contributed by atoms with Gasteiger partial charge < -0.3 is 10.1 Å². The molecule has 0 fully saturated rings. The van der Waals surface area contributed by atoms with Gasteiger partial charge in [-0.15, -0.1) is 0 Å². The van der Waals surface area contributed by atoms with E-state index in [0.717, 1.165) is 5.56 Å². The second-order valence-corrected chi connectivity index (χ2v) is 6.67. The summed E-state index contributed by atoms with van der Waals surface area (Å²) in [5.74, 6) is -0.0603. The molecule has 0 aliphatic heterocycles. The Kier molecular flexibility index (Phi) is 6.71. The fourth-order valence-electron chi connectivity index (χ4n) is 2.26. The number of benzene rings is 2. The van der Waals surface area contributed by atoms with Gasteiger partial charge in [0.2, 0.25) is 5.91 Å². The van der Waals surface area contributed by atoms with Crippen LogP contribution in [0.5, 0.6) is 5.75 Å². The van der Waals surface area contributed by atoms with E-state index < -0.39 is 0 Å². The van der Waals surface area contributed by atoms with E-state index in [1.165, 1.54) is 19.2 Å². The van der Waals surface area contributed by atoms with Crippen LogP contribution in [0.3, 0.4) is 0 Å². The summed E-state index contributed by atoms with van der Waals surface area (Å²) in [6.07, 6.45) is 0.0275. The summed E-state index contributed by atoms with van der Waals surface area (Å²) in [6, 6.07) is 8.29. The lowest BCUT2D eigenvalue weighted by Crippen LogP contribution is -2.14.